The van der Waals surface area contributed by atoms with Crippen molar-refractivity contribution in [1.29, 1.82) is 0 Å². The van der Waals surface area contributed by atoms with Crippen LogP contribution in [0, 0.1) is 17.8 Å². The van der Waals surface area contributed by atoms with Crippen molar-refractivity contribution in [2.45, 2.75) is 108 Å². The number of esters is 1. The molecule has 1 saturated carbocycles. The summed E-state index contributed by atoms with van der Waals surface area (Å²) < 4.78 is 13.2. The maximum atomic E-state index is 14.8. The zero-order chi connectivity index (χ0) is 33.5. The van der Waals surface area contributed by atoms with Gasteiger partial charge in [-0.1, -0.05) is 87.7 Å². The largest absolute Gasteiger partial charge is 0.455 e. The molecule has 2 saturated heterocycles. The van der Waals surface area contributed by atoms with Crippen LogP contribution in [0.2, 0.25) is 0 Å². The molecule has 1 spiro atoms. The van der Waals surface area contributed by atoms with E-state index < -0.39 is 53.7 Å². The van der Waals surface area contributed by atoms with E-state index in [-0.39, 0.29) is 42.7 Å². The predicted octanol–water partition coefficient (Wildman–Crippen LogP) is 3.80. The number of hydrogen-bond donors (Lipinski definition) is 1. The first-order chi connectivity index (χ1) is 22.6. The van der Waals surface area contributed by atoms with Crippen molar-refractivity contribution in [2.75, 3.05) is 20.2 Å². The smallest absolute Gasteiger partial charge is 0.313 e. The Morgan fingerprint density at radius 2 is 1.72 bits per heavy atom. The summed E-state index contributed by atoms with van der Waals surface area (Å²) in [5, 5.41) is 10.6. The first-order valence-electron chi connectivity index (χ1n) is 17.4. The van der Waals surface area contributed by atoms with Crippen LogP contribution in [0.15, 0.2) is 54.6 Å². The Morgan fingerprint density at radius 3 is 2.40 bits per heavy atom. The standard InChI is InChI=1S/C37H49N3O7/c1-23(2)27(22-41)40-33-35(44)39(26-16-9-6-10-17-26)21-13-20-37(33)31(34(40)43)30-28(47-37)18-11-12-19-29(42)38(4)24(3)32(46-36(30)45)25-14-7-5-8-15-25/h5,7-8,11,13-15,18,20,23-24,26-28,30-33,41H,6,9-10,12,16-17,19,21-22H2,1-4H3/b18-11-/t24-,27+,28-,30+,31+,32+,33-,37+/m1/s1. The number of allylic oxidation sites excluding steroid dienone is 1. The number of rotatable bonds is 5. The Hall–Kier alpha value is -3.50. The zero-order valence-corrected chi connectivity index (χ0v) is 28.0. The highest BCUT2D eigenvalue weighted by atomic mass is 16.6. The molecule has 6 rings (SSSR count). The van der Waals surface area contributed by atoms with E-state index in [1.54, 1.807) is 18.0 Å². The van der Waals surface area contributed by atoms with Crippen LogP contribution in [-0.4, -0.2) is 99.6 Å². The van der Waals surface area contributed by atoms with Crippen molar-refractivity contribution in [3.8, 4) is 0 Å². The third-order valence-corrected chi connectivity index (χ3v) is 11.2. The molecule has 1 N–H and O–H groups in total. The molecule has 3 amide bonds. The molecule has 0 radical (unpaired) electrons. The number of likely N-dealkylation sites (tertiary alicyclic amines) is 1. The Kier molecular flexibility index (Phi) is 9.63. The van der Waals surface area contributed by atoms with Gasteiger partial charge in [0, 0.05) is 26.1 Å². The first-order valence-corrected chi connectivity index (χ1v) is 17.4. The quantitative estimate of drug-likeness (QED) is 0.382. The summed E-state index contributed by atoms with van der Waals surface area (Å²) in [4.78, 5) is 62.4. The fourth-order valence-electron chi connectivity index (χ4n) is 8.54. The minimum Gasteiger partial charge on any atom is -0.455 e. The lowest BCUT2D eigenvalue weighted by molar-refractivity contribution is -0.165. The fraction of sp³-hybridized carbons (Fsp3) is 0.622. The lowest BCUT2D eigenvalue weighted by atomic mass is 9.77. The number of cyclic esters (lactones) is 1. The highest BCUT2D eigenvalue weighted by molar-refractivity contribution is 5.99. The lowest BCUT2D eigenvalue weighted by Crippen LogP contribution is -2.60. The summed E-state index contributed by atoms with van der Waals surface area (Å²) in [6, 6.07) is 7.20. The van der Waals surface area contributed by atoms with Gasteiger partial charge in [-0.25, -0.2) is 0 Å². The molecule has 8 atom stereocenters. The van der Waals surface area contributed by atoms with Crippen LogP contribution in [0.3, 0.4) is 0 Å². The van der Waals surface area contributed by atoms with Gasteiger partial charge in [0.05, 0.1) is 30.7 Å². The van der Waals surface area contributed by atoms with Crippen molar-refractivity contribution in [3.63, 3.8) is 0 Å². The van der Waals surface area contributed by atoms with Crippen molar-refractivity contribution in [1.82, 2.24) is 14.7 Å². The highest BCUT2D eigenvalue weighted by Crippen LogP contribution is 2.54. The van der Waals surface area contributed by atoms with E-state index in [0.717, 1.165) is 37.7 Å². The molecule has 10 nitrogen and oxygen atoms in total. The number of ether oxygens (including phenoxy) is 2. The van der Waals surface area contributed by atoms with Gasteiger partial charge in [0.15, 0.2) is 0 Å². The third kappa shape index (κ3) is 5.81. The van der Waals surface area contributed by atoms with Gasteiger partial charge in [-0.15, -0.1) is 0 Å². The molecule has 10 heteroatoms. The number of carbonyl (C=O) groups is 4. The van der Waals surface area contributed by atoms with Gasteiger partial charge in [0.25, 0.3) is 0 Å². The van der Waals surface area contributed by atoms with Crippen LogP contribution < -0.4 is 0 Å². The minimum absolute atomic E-state index is 0.0563. The van der Waals surface area contributed by atoms with Crippen molar-refractivity contribution < 1.29 is 33.8 Å². The molecular weight excluding hydrogens is 598 g/mol. The van der Waals surface area contributed by atoms with Gasteiger partial charge in [-0.3, -0.25) is 19.2 Å². The predicted molar refractivity (Wildman–Crippen MR) is 175 cm³/mol. The molecule has 0 bridgehead atoms. The van der Waals surface area contributed by atoms with Gasteiger partial charge >= 0.3 is 5.97 Å². The first kappa shape index (κ1) is 33.4. The van der Waals surface area contributed by atoms with E-state index in [2.05, 4.69) is 0 Å². The fourth-order valence-corrected chi connectivity index (χ4v) is 8.54. The number of likely N-dealkylation sites (N-methyl/N-ethyl adjacent to an activating group) is 1. The number of aliphatic hydroxyl groups is 1. The molecule has 0 unspecified atom stereocenters. The second-order valence-corrected chi connectivity index (χ2v) is 14.2. The van der Waals surface area contributed by atoms with Crippen LogP contribution in [-0.2, 0) is 28.7 Å². The zero-order valence-electron chi connectivity index (χ0n) is 28.0. The Morgan fingerprint density at radius 1 is 1.00 bits per heavy atom. The SMILES string of the molecule is CC(C)[C@H](CO)N1C(=O)[C@@H]2[C@H]3C(=O)O[C@H](c4ccccc4)[C@@H](C)N(C)C(=O)CC/C=C\[C@H]3O[C@@]23C=CCN(C2CCCCC2)C(=O)[C@@H]13. The van der Waals surface area contributed by atoms with Crippen LogP contribution in [0.4, 0.5) is 0 Å². The molecule has 47 heavy (non-hydrogen) atoms. The van der Waals surface area contributed by atoms with E-state index in [1.165, 1.54) is 4.90 Å². The molecule has 1 aromatic carbocycles. The molecule has 5 aliphatic rings. The second-order valence-electron chi connectivity index (χ2n) is 14.2. The number of amides is 3. The molecule has 0 aromatic heterocycles. The maximum Gasteiger partial charge on any atom is 0.313 e. The van der Waals surface area contributed by atoms with Gasteiger partial charge in [0.1, 0.15) is 23.7 Å². The summed E-state index contributed by atoms with van der Waals surface area (Å²) in [6.45, 7) is 5.77. The molecular formula is C37H49N3O7. The Bertz CT molecular complexity index is 1410. The summed E-state index contributed by atoms with van der Waals surface area (Å²) in [7, 11) is 1.71. The van der Waals surface area contributed by atoms with E-state index in [9.17, 15) is 24.3 Å². The van der Waals surface area contributed by atoms with Crippen molar-refractivity contribution >= 4 is 23.7 Å². The summed E-state index contributed by atoms with van der Waals surface area (Å²) >= 11 is 0. The number of benzene rings is 1. The van der Waals surface area contributed by atoms with Gasteiger partial charge in [-0.05, 0) is 37.7 Å². The number of nitrogens with zero attached hydrogens (tertiary/aromatic N) is 3. The molecule has 1 aliphatic carbocycles. The van der Waals surface area contributed by atoms with Gasteiger partial charge < -0.3 is 29.3 Å². The van der Waals surface area contributed by atoms with Crippen molar-refractivity contribution in [3.05, 3.63) is 60.2 Å². The van der Waals surface area contributed by atoms with Gasteiger partial charge in [0.2, 0.25) is 17.7 Å². The van der Waals surface area contributed by atoms with Crippen LogP contribution in [0.5, 0.6) is 0 Å². The maximum absolute atomic E-state index is 14.8. The van der Waals surface area contributed by atoms with Crippen molar-refractivity contribution in [2.24, 2.45) is 17.8 Å². The monoisotopic (exact) mass is 647 g/mol. The number of hydrogen-bond acceptors (Lipinski definition) is 7. The highest BCUT2D eigenvalue weighted by Gasteiger charge is 2.73. The molecule has 3 fully saturated rings. The average molecular weight is 648 g/mol. The lowest BCUT2D eigenvalue weighted by Gasteiger charge is -2.42. The minimum atomic E-state index is -1.43. The molecule has 254 valence electrons. The molecule has 4 aliphatic heterocycles. The van der Waals surface area contributed by atoms with E-state index in [4.69, 9.17) is 9.47 Å². The van der Waals surface area contributed by atoms with Crippen LogP contribution >= 0.6 is 0 Å². The van der Waals surface area contributed by atoms with Gasteiger partial charge in [-0.2, -0.15) is 0 Å². The second kappa shape index (κ2) is 13.5. The van der Waals surface area contributed by atoms with Crippen LogP contribution in [0.1, 0.15) is 77.4 Å². The summed E-state index contributed by atoms with van der Waals surface area (Å²) in [6.07, 6.45) is 11.4. The number of fused-ring (bicyclic) bond motifs is 2. The summed E-state index contributed by atoms with van der Waals surface area (Å²) in [5.74, 6) is -3.51. The van der Waals surface area contributed by atoms with E-state index in [0.29, 0.717) is 13.0 Å². The topological polar surface area (TPSA) is 117 Å². The average Bonchev–Trinajstić information content (AvgIpc) is 3.46. The van der Waals surface area contributed by atoms with E-state index in [1.807, 2.05) is 74.2 Å². The number of aliphatic hydroxyl groups excluding tert-OH is 1. The Balaban J connectivity index is 1.46. The van der Waals surface area contributed by atoms with Crippen LogP contribution in [0.25, 0.3) is 0 Å². The number of carbonyl (C=O) groups excluding carboxylic acids is 4. The molecule has 4 heterocycles. The normalized spacial score (nSPS) is 35.1. The molecule has 1 aromatic rings. The third-order valence-electron chi connectivity index (χ3n) is 11.2. The summed E-state index contributed by atoms with van der Waals surface area (Å²) in [5.41, 5.74) is -0.699. The Labute approximate surface area is 277 Å². The van der Waals surface area contributed by atoms with E-state index >= 15 is 0 Å².